The largest absolute Gasteiger partial charge is 0.494 e. The summed E-state index contributed by atoms with van der Waals surface area (Å²) in [5.74, 6) is -0.608. The maximum absolute atomic E-state index is 12.4. The van der Waals surface area contributed by atoms with Crippen molar-refractivity contribution in [3.8, 4) is 5.88 Å². The van der Waals surface area contributed by atoms with E-state index in [1.54, 1.807) is 4.90 Å². The van der Waals surface area contributed by atoms with E-state index in [2.05, 4.69) is 17.6 Å². The van der Waals surface area contributed by atoms with Crippen LogP contribution in [0.15, 0.2) is 21.2 Å². The minimum atomic E-state index is -0.729. The minimum absolute atomic E-state index is 0.0458. The molecular weight excluding hydrogens is 438 g/mol. The minimum Gasteiger partial charge on any atom is -0.494 e. The number of esters is 1. The molecule has 2 N–H and O–H groups in total. The van der Waals surface area contributed by atoms with E-state index >= 15 is 0 Å². The highest BCUT2D eigenvalue weighted by atomic mass is 16.5. The van der Waals surface area contributed by atoms with Crippen LogP contribution < -0.4 is 11.2 Å². The van der Waals surface area contributed by atoms with Crippen LogP contribution in [0.2, 0.25) is 0 Å². The van der Waals surface area contributed by atoms with Crippen molar-refractivity contribution in [3.63, 3.8) is 0 Å². The molecule has 192 valence electrons. The van der Waals surface area contributed by atoms with Crippen LogP contribution in [0.4, 0.5) is 0 Å². The summed E-state index contributed by atoms with van der Waals surface area (Å²) < 4.78 is 11.9. The second-order valence-electron chi connectivity index (χ2n) is 8.51. The number of aromatic nitrogens is 2. The van der Waals surface area contributed by atoms with Crippen LogP contribution in [0.5, 0.6) is 5.88 Å². The number of aromatic amines is 1. The summed E-state index contributed by atoms with van der Waals surface area (Å²) in [5, 5.41) is 10.5. The summed E-state index contributed by atoms with van der Waals surface area (Å²) in [5.41, 5.74) is 1.34. The van der Waals surface area contributed by atoms with Gasteiger partial charge in [0.2, 0.25) is 11.8 Å². The molecule has 0 aromatic carbocycles. The molecular formula is C25H41N3O6. The number of unbranched alkanes of at least 4 members (excludes halogenated alkanes) is 6. The summed E-state index contributed by atoms with van der Waals surface area (Å²) in [4.78, 5) is 40.5. The Balaban J connectivity index is 2.98. The van der Waals surface area contributed by atoms with Gasteiger partial charge in [0.1, 0.15) is 12.1 Å². The van der Waals surface area contributed by atoms with Crippen LogP contribution >= 0.6 is 0 Å². The van der Waals surface area contributed by atoms with Crippen molar-refractivity contribution in [2.75, 3.05) is 20.3 Å². The van der Waals surface area contributed by atoms with Crippen molar-refractivity contribution in [1.29, 1.82) is 0 Å². The van der Waals surface area contributed by atoms with Crippen LogP contribution in [0.1, 0.15) is 84.6 Å². The van der Waals surface area contributed by atoms with E-state index in [4.69, 9.17) is 9.47 Å². The first-order valence-corrected chi connectivity index (χ1v) is 12.3. The molecule has 0 saturated heterocycles. The van der Waals surface area contributed by atoms with Crippen molar-refractivity contribution in [1.82, 2.24) is 14.5 Å². The standard InChI is InChI=1S/C25H41N3O6/c1-6-8-10-11-12-13-17-34-22(29)18-28(19(3)4)21(33-5)15-14-20-23(30)26-25(32)27(24(20)31)16-9-7-2/h14,19,31H,6-13,16-18H2,1-5H3,(H,26,30,32). The van der Waals surface area contributed by atoms with E-state index < -0.39 is 17.1 Å². The van der Waals surface area contributed by atoms with Gasteiger partial charge in [0.15, 0.2) is 0 Å². The third kappa shape index (κ3) is 9.51. The first kappa shape index (κ1) is 29.1. The number of methoxy groups -OCH3 is 1. The van der Waals surface area contributed by atoms with Crippen LogP contribution in [-0.4, -0.2) is 51.8 Å². The van der Waals surface area contributed by atoms with Gasteiger partial charge in [-0.15, -0.1) is 0 Å². The Hall–Kier alpha value is -2.93. The number of rotatable bonds is 16. The third-order valence-electron chi connectivity index (χ3n) is 5.42. The molecule has 1 aromatic heterocycles. The van der Waals surface area contributed by atoms with Gasteiger partial charge in [-0.1, -0.05) is 58.1 Å². The average Bonchev–Trinajstić information content (AvgIpc) is 2.79. The molecule has 0 aliphatic heterocycles. The predicted molar refractivity (Wildman–Crippen MR) is 133 cm³/mol. The average molecular weight is 480 g/mol. The molecule has 0 atom stereocenters. The van der Waals surface area contributed by atoms with Crippen molar-refractivity contribution in [2.45, 2.75) is 91.6 Å². The normalized spacial score (nSPS) is 10.6. The smallest absolute Gasteiger partial charge is 0.331 e. The molecule has 1 rings (SSSR count). The lowest BCUT2D eigenvalue weighted by molar-refractivity contribution is -0.145. The van der Waals surface area contributed by atoms with Crippen molar-refractivity contribution in [2.24, 2.45) is 0 Å². The number of carbonyl (C=O) groups is 1. The fourth-order valence-corrected chi connectivity index (χ4v) is 3.36. The fraction of sp³-hybridized carbons (Fsp3) is 0.680. The van der Waals surface area contributed by atoms with Crippen LogP contribution in [0, 0.1) is 0 Å². The first-order chi connectivity index (χ1) is 16.3. The second-order valence-corrected chi connectivity index (χ2v) is 8.51. The molecule has 0 amide bonds. The Bertz CT molecular complexity index is 941. The van der Waals surface area contributed by atoms with Gasteiger partial charge in [0.25, 0.3) is 5.56 Å². The lowest BCUT2D eigenvalue weighted by atomic mass is 10.1. The number of H-pyrrole nitrogens is 1. The summed E-state index contributed by atoms with van der Waals surface area (Å²) in [6, 6.07) is -0.122. The van der Waals surface area contributed by atoms with Gasteiger partial charge >= 0.3 is 11.7 Å². The number of ether oxygens (including phenoxy) is 2. The lowest BCUT2D eigenvalue weighted by Gasteiger charge is -2.27. The van der Waals surface area contributed by atoms with Crippen LogP contribution in [0.3, 0.4) is 0 Å². The van der Waals surface area contributed by atoms with Gasteiger partial charge in [-0.3, -0.25) is 19.1 Å². The van der Waals surface area contributed by atoms with Crippen LogP contribution in [-0.2, 0) is 20.8 Å². The quantitative estimate of drug-likeness (QED) is 0.161. The van der Waals surface area contributed by atoms with Gasteiger partial charge in [0.05, 0.1) is 13.7 Å². The second kappa shape index (κ2) is 15.8. The third-order valence-corrected chi connectivity index (χ3v) is 5.42. The van der Waals surface area contributed by atoms with Crippen LogP contribution in [0.25, 0.3) is 6.08 Å². The summed E-state index contributed by atoms with van der Waals surface area (Å²) in [6.45, 7) is 8.52. The highest BCUT2D eigenvalue weighted by Crippen LogP contribution is 2.15. The molecule has 0 unspecified atom stereocenters. The SMILES string of the molecule is CCCCCCCCOC(=O)CN(C(=C=Cc1c(O)n(CCCC)c(=O)[nH]c1=O)OC)C(C)C. The molecule has 9 nitrogen and oxygen atoms in total. The van der Waals surface area contributed by atoms with Crippen molar-refractivity contribution >= 4 is 12.0 Å². The summed E-state index contributed by atoms with van der Waals surface area (Å²) in [7, 11) is 1.43. The maximum atomic E-state index is 12.4. The van der Waals surface area contributed by atoms with Gasteiger partial charge < -0.3 is 19.5 Å². The van der Waals surface area contributed by atoms with E-state index in [0.29, 0.717) is 13.0 Å². The maximum Gasteiger partial charge on any atom is 0.331 e. The monoisotopic (exact) mass is 479 g/mol. The molecule has 0 aliphatic rings. The van der Waals surface area contributed by atoms with E-state index in [9.17, 15) is 19.5 Å². The Kier molecular flexibility index (Phi) is 13.5. The van der Waals surface area contributed by atoms with E-state index in [1.807, 2.05) is 20.8 Å². The molecule has 0 fully saturated rings. The molecule has 0 saturated carbocycles. The van der Waals surface area contributed by atoms with Gasteiger partial charge in [-0.05, 0) is 26.7 Å². The van der Waals surface area contributed by atoms with Crippen molar-refractivity contribution in [3.05, 3.63) is 38.0 Å². The Morgan fingerprint density at radius 1 is 1.12 bits per heavy atom. The van der Waals surface area contributed by atoms with E-state index in [-0.39, 0.29) is 36.5 Å². The number of nitrogens with one attached hydrogen (secondary N) is 1. The molecule has 1 heterocycles. The number of nitrogens with zero attached hydrogens (tertiary/aromatic N) is 2. The molecule has 9 heteroatoms. The highest BCUT2D eigenvalue weighted by Gasteiger charge is 2.19. The Labute approximate surface area is 202 Å². The van der Waals surface area contributed by atoms with Gasteiger partial charge in [0, 0.05) is 18.7 Å². The Morgan fingerprint density at radius 3 is 2.38 bits per heavy atom. The molecule has 0 bridgehead atoms. The molecule has 0 aliphatic carbocycles. The fourth-order valence-electron chi connectivity index (χ4n) is 3.36. The number of carbonyl (C=O) groups excluding carboxylic acids is 1. The van der Waals surface area contributed by atoms with E-state index in [0.717, 1.165) is 30.3 Å². The molecule has 0 radical (unpaired) electrons. The molecule has 34 heavy (non-hydrogen) atoms. The van der Waals surface area contributed by atoms with Gasteiger partial charge in [-0.25, -0.2) is 4.79 Å². The Morgan fingerprint density at radius 2 is 1.76 bits per heavy atom. The summed E-state index contributed by atoms with van der Waals surface area (Å²) in [6.07, 6.45) is 9.38. The van der Waals surface area contributed by atoms with Gasteiger partial charge in [-0.2, -0.15) is 0 Å². The number of hydrogen-bond acceptors (Lipinski definition) is 7. The van der Waals surface area contributed by atoms with E-state index in [1.165, 1.54) is 32.4 Å². The molecule has 1 aromatic rings. The zero-order chi connectivity index (χ0) is 25.5. The zero-order valence-electron chi connectivity index (χ0n) is 21.3. The number of hydrogen-bond donors (Lipinski definition) is 2. The number of aromatic hydroxyl groups is 1. The zero-order valence-corrected chi connectivity index (χ0v) is 21.3. The lowest BCUT2D eigenvalue weighted by Crippen LogP contribution is -2.36. The topological polar surface area (TPSA) is 114 Å². The highest BCUT2D eigenvalue weighted by molar-refractivity contribution is 5.72. The van der Waals surface area contributed by atoms with Crippen molar-refractivity contribution < 1.29 is 19.4 Å². The summed E-state index contributed by atoms with van der Waals surface area (Å²) >= 11 is 0. The molecule has 0 spiro atoms. The predicted octanol–water partition coefficient (Wildman–Crippen LogP) is 3.76. The first-order valence-electron chi connectivity index (χ1n) is 12.3.